The number of nitrogens with zero attached hydrogens (tertiary/aromatic N) is 3. The number of fused-ring (bicyclic) bond motifs is 1. The van der Waals surface area contributed by atoms with Crippen molar-refractivity contribution in [3.63, 3.8) is 0 Å². The van der Waals surface area contributed by atoms with E-state index in [4.69, 9.17) is 4.74 Å². The van der Waals surface area contributed by atoms with Crippen LogP contribution in [0.4, 0.5) is 4.79 Å². The molecule has 3 rings (SSSR count). The third-order valence-corrected chi connectivity index (χ3v) is 4.97. The number of aliphatic hydroxyl groups is 1. The van der Waals surface area contributed by atoms with E-state index in [0.29, 0.717) is 26.2 Å². The lowest BCUT2D eigenvalue weighted by atomic mass is 10.0. The smallest absolute Gasteiger partial charge is 0.410 e. The van der Waals surface area contributed by atoms with Gasteiger partial charge in [-0.05, 0) is 33.6 Å². The molecule has 2 fully saturated rings. The molecule has 0 aromatic carbocycles. The number of hydrogen-bond acceptors (Lipinski definition) is 6. The van der Waals surface area contributed by atoms with Gasteiger partial charge in [0.2, 0.25) is 0 Å². The van der Waals surface area contributed by atoms with Gasteiger partial charge in [-0.1, -0.05) is 12.8 Å². The minimum absolute atomic E-state index is 0. The molecule has 0 bridgehead atoms. The average Bonchev–Trinajstić information content (AvgIpc) is 3.09. The second-order valence-electron chi connectivity index (χ2n) is 8.22. The van der Waals surface area contributed by atoms with E-state index in [1.54, 1.807) is 4.90 Å². The van der Waals surface area contributed by atoms with Crippen molar-refractivity contribution in [3.8, 4) is 0 Å². The summed E-state index contributed by atoms with van der Waals surface area (Å²) in [6, 6.07) is 0.201. The molecule has 0 aromatic heterocycles. The maximum Gasteiger partial charge on any atom is 0.410 e. The third-order valence-electron chi connectivity index (χ3n) is 4.97. The lowest BCUT2D eigenvalue weighted by molar-refractivity contribution is 0.0135. The third kappa shape index (κ3) is 5.12. The summed E-state index contributed by atoms with van der Waals surface area (Å²) in [5.74, 6) is 0.865. The maximum absolute atomic E-state index is 12.2. The van der Waals surface area contributed by atoms with Gasteiger partial charge in [0.15, 0.2) is 5.96 Å². The number of piperazine rings is 1. The van der Waals surface area contributed by atoms with Crippen molar-refractivity contribution in [2.45, 2.75) is 63.7 Å². The quantitative estimate of drug-likeness (QED) is 0.607. The number of nitrogens with one attached hydrogen (secondary N) is 1. The van der Waals surface area contributed by atoms with E-state index in [0.717, 1.165) is 38.2 Å². The highest BCUT2D eigenvalue weighted by Gasteiger charge is 2.38. The van der Waals surface area contributed by atoms with Crippen molar-refractivity contribution >= 4 is 36.0 Å². The molecule has 0 spiro atoms. The second kappa shape index (κ2) is 7.85. The van der Waals surface area contributed by atoms with Crippen LogP contribution in [0.2, 0.25) is 0 Å². The Morgan fingerprint density at radius 1 is 1.36 bits per heavy atom. The van der Waals surface area contributed by atoms with E-state index in [-0.39, 0.29) is 36.1 Å². The highest BCUT2D eigenvalue weighted by molar-refractivity contribution is 14.0. The molecule has 2 N–H and O–H groups in total. The molecule has 1 saturated carbocycles. The molecule has 0 radical (unpaired) electrons. The Balaban J connectivity index is 0.00000225. The van der Waals surface area contributed by atoms with Crippen LogP contribution in [0.3, 0.4) is 0 Å². The first kappa shape index (κ1) is 20.5. The van der Waals surface area contributed by atoms with Gasteiger partial charge in [0.05, 0.1) is 18.2 Å². The van der Waals surface area contributed by atoms with Gasteiger partial charge >= 0.3 is 6.09 Å². The number of carbonyl (C=O) groups excluding carboxylic acids is 1. The number of halogens is 1. The van der Waals surface area contributed by atoms with Crippen molar-refractivity contribution in [2.24, 2.45) is 4.99 Å². The predicted molar refractivity (Wildman–Crippen MR) is 107 cm³/mol. The second-order valence-corrected chi connectivity index (χ2v) is 8.22. The summed E-state index contributed by atoms with van der Waals surface area (Å²) in [5, 5.41) is 13.8. The van der Waals surface area contributed by atoms with E-state index in [9.17, 15) is 9.90 Å². The van der Waals surface area contributed by atoms with Gasteiger partial charge in [-0.2, -0.15) is 0 Å². The van der Waals surface area contributed by atoms with Gasteiger partial charge in [0, 0.05) is 26.2 Å². The molecule has 8 heteroatoms. The van der Waals surface area contributed by atoms with Crippen molar-refractivity contribution in [2.75, 3.05) is 32.7 Å². The summed E-state index contributed by atoms with van der Waals surface area (Å²) >= 11 is 0. The molecule has 2 aliphatic heterocycles. The lowest BCUT2D eigenvalue weighted by Crippen LogP contribution is -2.58. The fourth-order valence-corrected chi connectivity index (χ4v) is 3.68. The van der Waals surface area contributed by atoms with Gasteiger partial charge in [0.1, 0.15) is 5.60 Å². The highest BCUT2D eigenvalue weighted by atomic mass is 127. The van der Waals surface area contributed by atoms with Crippen molar-refractivity contribution < 1.29 is 14.6 Å². The van der Waals surface area contributed by atoms with E-state index in [2.05, 4.69) is 15.2 Å². The van der Waals surface area contributed by atoms with Crippen LogP contribution >= 0.6 is 24.0 Å². The zero-order chi connectivity index (χ0) is 17.4. The molecule has 1 saturated heterocycles. The Morgan fingerprint density at radius 3 is 2.68 bits per heavy atom. The van der Waals surface area contributed by atoms with Crippen LogP contribution in [0.15, 0.2) is 4.99 Å². The molecule has 3 aliphatic rings. The van der Waals surface area contributed by atoms with Gasteiger partial charge in [-0.25, -0.2) is 4.79 Å². The molecule has 25 heavy (non-hydrogen) atoms. The summed E-state index contributed by atoms with van der Waals surface area (Å²) < 4.78 is 5.46. The Hall–Kier alpha value is -0.770. The van der Waals surface area contributed by atoms with E-state index < -0.39 is 11.2 Å². The molecule has 7 nitrogen and oxygen atoms in total. The number of aliphatic imine (C=N–C) groups is 1. The van der Waals surface area contributed by atoms with Gasteiger partial charge in [-0.15, -0.1) is 24.0 Å². The standard InChI is InChI=1S/C17H30N4O3.HI/c1-16(2,3)24-15(22)20-8-9-21-13(11-20)10-18-14(21)19-12-17(23)6-4-5-7-17;/h13,23H,4-12H2,1-3H3,(H,18,19);1H. The minimum atomic E-state index is -0.584. The number of amides is 1. The monoisotopic (exact) mass is 466 g/mol. The fourth-order valence-electron chi connectivity index (χ4n) is 3.68. The number of ether oxygens (including phenoxy) is 1. The normalized spacial score (nSPS) is 25.1. The molecule has 1 aliphatic carbocycles. The average molecular weight is 466 g/mol. The fraction of sp³-hybridized carbons (Fsp3) is 0.882. The van der Waals surface area contributed by atoms with Crippen LogP contribution in [0.5, 0.6) is 0 Å². The largest absolute Gasteiger partial charge is 0.444 e. The molecule has 1 amide bonds. The summed E-state index contributed by atoms with van der Waals surface area (Å²) in [4.78, 5) is 20.8. The Kier molecular flexibility index (Phi) is 6.45. The van der Waals surface area contributed by atoms with E-state index in [1.807, 2.05) is 20.8 Å². The first-order valence-electron chi connectivity index (χ1n) is 9.01. The predicted octanol–water partition coefficient (Wildman–Crippen LogP) is 1.79. The first-order chi connectivity index (χ1) is 11.3. The highest BCUT2D eigenvalue weighted by Crippen LogP contribution is 2.29. The molecule has 144 valence electrons. The topological polar surface area (TPSA) is 77.4 Å². The van der Waals surface area contributed by atoms with Gasteiger partial charge in [0.25, 0.3) is 0 Å². The SMILES string of the molecule is CC(C)(C)OC(=O)N1CCN2C(NCC3(O)CCCC3)=NCC2C1.I. The molecule has 2 heterocycles. The molecular formula is C17H31IN4O3. The van der Waals surface area contributed by atoms with Crippen molar-refractivity contribution in [1.82, 2.24) is 15.1 Å². The van der Waals surface area contributed by atoms with Gasteiger partial charge in [-0.3, -0.25) is 4.99 Å². The number of guanidine groups is 1. The zero-order valence-electron chi connectivity index (χ0n) is 15.5. The summed E-state index contributed by atoms with van der Waals surface area (Å²) in [7, 11) is 0. The number of hydrogen-bond donors (Lipinski definition) is 2. The Morgan fingerprint density at radius 2 is 2.04 bits per heavy atom. The maximum atomic E-state index is 12.2. The van der Waals surface area contributed by atoms with E-state index in [1.165, 1.54) is 0 Å². The van der Waals surface area contributed by atoms with E-state index >= 15 is 0 Å². The minimum Gasteiger partial charge on any atom is -0.444 e. The number of rotatable bonds is 2. The van der Waals surface area contributed by atoms with Crippen LogP contribution in [-0.4, -0.2) is 76.9 Å². The summed E-state index contributed by atoms with van der Waals surface area (Å²) in [6.45, 7) is 8.91. The van der Waals surface area contributed by atoms with Crippen LogP contribution in [-0.2, 0) is 4.74 Å². The summed E-state index contributed by atoms with van der Waals surface area (Å²) in [6.07, 6.45) is 3.68. The van der Waals surface area contributed by atoms with Crippen LogP contribution < -0.4 is 5.32 Å². The summed E-state index contributed by atoms with van der Waals surface area (Å²) in [5.41, 5.74) is -1.05. The molecule has 0 aromatic rings. The number of carbonyl (C=O) groups is 1. The van der Waals surface area contributed by atoms with Crippen LogP contribution in [0.1, 0.15) is 46.5 Å². The Bertz CT molecular complexity index is 515. The zero-order valence-corrected chi connectivity index (χ0v) is 17.8. The molecular weight excluding hydrogens is 435 g/mol. The van der Waals surface area contributed by atoms with Crippen molar-refractivity contribution in [3.05, 3.63) is 0 Å². The van der Waals surface area contributed by atoms with Crippen LogP contribution in [0, 0.1) is 0 Å². The van der Waals surface area contributed by atoms with Crippen molar-refractivity contribution in [1.29, 1.82) is 0 Å². The lowest BCUT2D eigenvalue weighted by Gasteiger charge is -2.39. The van der Waals surface area contributed by atoms with Gasteiger partial charge < -0.3 is 25.0 Å². The Labute approximate surface area is 167 Å². The van der Waals surface area contributed by atoms with Crippen LogP contribution in [0.25, 0.3) is 0 Å². The molecule has 1 atom stereocenters. The molecule has 1 unspecified atom stereocenters. The first-order valence-corrected chi connectivity index (χ1v) is 9.01.